The maximum Gasteiger partial charge on any atom is 0.176 e. The van der Waals surface area contributed by atoms with E-state index in [4.69, 9.17) is 0 Å². The number of fused-ring (bicyclic) bond motifs is 1. The summed E-state index contributed by atoms with van der Waals surface area (Å²) in [5.74, 6) is 0.270. The van der Waals surface area contributed by atoms with E-state index < -0.39 is 0 Å². The molecule has 0 spiro atoms. The van der Waals surface area contributed by atoms with Crippen LogP contribution in [-0.2, 0) is 12.8 Å². The smallest absolute Gasteiger partial charge is 0.176 e. The SMILES string of the molecule is O=C(CN1CCNCC1)c1ccc2c(c1)CCC2. The fraction of sp³-hybridized carbons (Fsp3) is 0.533. The van der Waals surface area contributed by atoms with Crippen LogP contribution in [0.4, 0.5) is 0 Å². The van der Waals surface area contributed by atoms with Crippen molar-refractivity contribution < 1.29 is 4.79 Å². The molecule has 1 aromatic rings. The molecule has 2 aliphatic rings. The van der Waals surface area contributed by atoms with E-state index in [9.17, 15) is 4.79 Å². The van der Waals surface area contributed by atoms with Crippen LogP contribution in [0.2, 0.25) is 0 Å². The molecule has 18 heavy (non-hydrogen) atoms. The van der Waals surface area contributed by atoms with Crippen LogP contribution in [0.25, 0.3) is 0 Å². The Kier molecular flexibility index (Phi) is 3.43. The van der Waals surface area contributed by atoms with E-state index in [0.29, 0.717) is 6.54 Å². The summed E-state index contributed by atoms with van der Waals surface area (Å²) >= 11 is 0. The zero-order valence-corrected chi connectivity index (χ0v) is 10.7. The van der Waals surface area contributed by atoms with E-state index in [1.165, 1.54) is 24.0 Å². The van der Waals surface area contributed by atoms with Crippen molar-refractivity contribution >= 4 is 5.78 Å². The number of nitrogens with one attached hydrogen (secondary N) is 1. The molecule has 0 atom stereocenters. The predicted octanol–water partition coefficient (Wildman–Crippen LogP) is 1.26. The first-order valence-corrected chi connectivity index (χ1v) is 6.91. The molecular formula is C15H20N2O. The van der Waals surface area contributed by atoms with E-state index in [-0.39, 0.29) is 5.78 Å². The predicted molar refractivity (Wildman–Crippen MR) is 72.1 cm³/mol. The molecule has 3 nitrogen and oxygen atoms in total. The number of ketones is 1. The lowest BCUT2D eigenvalue weighted by Gasteiger charge is -2.26. The van der Waals surface area contributed by atoms with Gasteiger partial charge in [0.25, 0.3) is 0 Å². The average Bonchev–Trinajstić information content (AvgIpc) is 2.87. The van der Waals surface area contributed by atoms with E-state index in [2.05, 4.69) is 22.3 Å². The minimum atomic E-state index is 0.270. The number of rotatable bonds is 3. The lowest BCUT2D eigenvalue weighted by Crippen LogP contribution is -2.45. The number of nitrogens with zero attached hydrogens (tertiary/aromatic N) is 1. The van der Waals surface area contributed by atoms with Gasteiger partial charge in [0, 0.05) is 31.7 Å². The Hall–Kier alpha value is -1.19. The molecule has 3 rings (SSSR count). The van der Waals surface area contributed by atoms with E-state index >= 15 is 0 Å². The first kappa shape index (κ1) is 11.9. The third-order valence-corrected chi connectivity index (χ3v) is 4.00. The molecule has 1 saturated heterocycles. The maximum atomic E-state index is 12.3. The van der Waals surface area contributed by atoms with Crippen molar-refractivity contribution in [2.45, 2.75) is 19.3 Å². The molecule has 1 aromatic carbocycles. The Labute approximate surface area is 108 Å². The molecule has 0 amide bonds. The molecule has 1 aliphatic heterocycles. The molecule has 1 N–H and O–H groups in total. The van der Waals surface area contributed by atoms with Gasteiger partial charge in [0.15, 0.2) is 5.78 Å². The second kappa shape index (κ2) is 5.21. The zero-order chi connectivity index (χ0) is 12.4. The van der Waals surface area contributed by atoms with Gasteiger partial charge >= 0.3 is 0 Å². The van der Waals surface area contributed by atoms with Crippen molar-refractivity contribution in [1.82, 2.24) is 10.2 Å². The third-order valence-electron chi connectivity index (χ3n) is 4.00. The van der Waals surface area contributed by atoms with Gasteiger partial charge in [-0.2, -0.15) is 0 Å². The van der Waals surface area contributed by atoms with Gasteiger partial charge in [0.1, 0.15) is 0 Å². The third kappa shape index (κ3) is 2.47. The Bertz CT molecular complexity index is 450. The van der Waals surface area contributed by atoms with Crippen LogP contribution < -0.4 is 5.32 Å². The van der Waals surface area contributed by atoms with Crippen molar-refractivity contribution in [3.05, 3.63) is 34.9 Å². The molecule has 0 unspecified atom stereocenters. The van der Waals surface area contributed by atoms with Gasteiger partial charge in [-0.1, -0.05) is 12.1 Å². The number of carbonyl (C=O) groups is 1. The van der Waals surface area contributed by atoms with Crippen LogP contribution in [0.5, 0.6) is 0 Å². The first-order valence-electron chi connectivity index (χ1n) is 6.91. The fourth-order valence-corrected chi connectivity index (χ4v) is 2.91. The van der Waals surface area contributed by atoms with Crippen LogP contribution in [0.15, 0.2) is 18.2 Å². The van der Waals surface area contributed by atoms with Gasteiger partial charge in [-0.3, -0.25) is 9.69 Å². The van der Waals surface area contributed by atoms with Gasteiger partial charge < -0.3 is 5.32 Å². The second-order valence-corrected chi connectivity index (χ2v) is 5.29. The molecule has 96 valence electrons. The zero-order valence-electron chi connectivity index (χ0n) is 10.7. The maximum absolute atomic E-state index is 12.3. The monoisotopic (exact) mass is 244 g/mol. The standard InChI is InChI=1S/C15H20N2O/c18-15(11-17-8-6-16-7-9-17)14-5-4-12-2-1-3-13(12)10-14/h4-5,10,16H,1-3,6-9,11H2. The Morgan fingerprint density at radius 2 is 1.94 bits per heavy atom. The van der Waals surface area contributed by atoms with E-state index in [0.717, 1.165) is 38.2 Å². The summed E-state index contributed by atoms with van der Waals surface area (Å²) in [6, 6.07) is 6.27. The highest BCUT2D eigenvalue weighted by atomic mass is 16.1. The van der Waals surface area contributed by atoms with Crippen LogP contribution in [0.3, 0.4) is 0 Å². The summed E-state index contributed by atoms with van der Waals surface area (Å²) in [5, 5.41) is 3.31. The van der Waals surface area contributed by atoms with Crippen LogP contribution in [-0.4, -0.2) is 43.4 Å². The van der Waals surface area contributed by atoms with Crippen LogP contribution in [0.1, 0.15) is 27.9 Å². The van der Waals surface area contributed by atoms with Gasteiger partial charge in [0.2, 0.25) is 0 Å². The quantitative estimate of drug-likeness (QED) is 0.813. The molecule has 3 heteroatoms. The molecule has 1 fully saturated rings. The van der Waals surface area contributed by atoms with Crippen molar-refractivity contribution in [1.29, 1.82) is 0 Å². The number of aryl methyl sites for hydroxylation is 2. The van der Waals surface area contributed by atoms with Crippen LogP contribution >= 0.6 is 0 Å². The summed E-state index contributed by atoms with van der Waals surface area (Å²) in [7, 11) is 0. The molecular weight excluding hydrogens is 224 g/mol. The Morgan fingerprint density at radius 3 is 2.78 bits per heavy atom. The summed E-state index contributed by atoms with van der Waals surface area (Å²) in [5.41, 5.74) is 3.73. The molecule has 0 saturated carbocycles. The van der Waals surface area contributed by atoms with Gasteiger partial charge in [-0.05, 0) is 36.5 Å². The molecule has 1 aliphatic carbocycles. The van der Waals surface area contributed by atoms with Gasteiger partial charge in [-0.25, -0.2) is 0 Å². The number of Topliss-reactive ketones (excluding diaryl/α,β-unsaturated/α-hetero) is 1. The Morgan fingerprint density at radius 1 is 1.17 bits per heavy atom. The van der Waals surface area contributed by atoms with E-state index in [1.54, 1.807) is 0 Å². The molecule has 1 heterocycles. The van der Waals surface area contributed by atoms with Crippen molar-refractivity contribution in [2.24, 2.45) is 0 Å². The minimum absolute atomic E-state index is 0.270. The van der Waals surface area contributed by atoms with Crippen LogP contribution in [0, 0.1) is 0 Å². The highest BCUT2D eigenvalue weighted by Gasteiger charge is 2.17. The molecule has 0 bridgehead atoms. The van der Waals surface area contributed by atoms with Gasteiger partial charge in [0.05, 0.1) is 6.54 Å². The summed E-state index contributed by atoms with van der Waals surface area (Å²) < 4.78 is 0. The molecule has 0 radical (unpaired) electrons. The normalized spacial score (nSPS) is 19.8. The first-order chi connectivity index (χ1) is 8.83. The number of hydrogen-bond donors (Lipinski definition) is 1. The minimum Gasteiger partial charge on any atom is -0.314 e. The Balaban J connectivity index is 1.68. The second-order valence-electron chi connectivity index (χ2n) is 5.29. The number of piperazine rings is 1. The van der Waals surface area contributed by atoms with Gasteiger partial charge in [-0.15, -0.1) is 0 Å². The number of carbonyl (C=O) groups excluding carboxylic acids is 1. The number of hydrogen-bond acceptors (Lipinski definition) is 3. The topological polar surface area (TPSA) is 32.3 Å². The number of benzene rings is 1. The highest BCUT2D eigenvalue weighted by Crippen LogP contribution is 2.23. The highest BCUT2D eigenvalue weighted by molar-refractivity contribution is 5.97. The lowest BCUT2D eigenvalue weighted by atomic mass is 10.0. The summed E-state index contributed by atoms with van der Waals surface area (Å²) in [6.07, 6.45) is 3.57. The molecule has 0 aromatic heterocycles. The van der Waals surface area contributed by atoms with Crippen molar-refractivity contribution in [3.8, 4) is 0 Å². The fourth-order valence-electron chi connectivity index (χ4n) is 2.91. The summed E-state index contributed by atoms with van der Waals surface area (Å²) in [4.78, 5) is 14.5. The van der Waals surface area contributed by atoms with Crippen molar-refractivity contribution in [2.75, 3.05) is 32.7 Å². The lowest BCUT2D eigenvalue weighted by molar-refractivity contribution is 0.0921. The summed E-state index contributed by atoms with van der Waals surface area (Å²) in [6.45, 7) is 4.53. The van der Waals surface area contributed by atoms with Crippen molar-refractivity contribution in [3.63, 3.8) is 0 Å². The van der Waals surface area contributed by atoms with E-state index in [1.807, 2.05) is 6.07 Å². The largest absolute Gasteiger partial charge is 0.314 e. The average molecular weight is 244 g/mol.